The Labute approximate surface area is 208 Å². The van der Waals surface area contributed by atoms with Crippen molar-refractivity contribution in [3.05, 3.63) is 75.9 Å². The van der Waals surface area contributed by atoms with Crippen LogP contribution in [-0.2, 0) is 35.5 Å². The largest absolute Gasteiger partial charge is 0.494 e. The number of thiophene rings is 1. The van der Waals surface area contributed by atoms with Crippen molar-refractivity contribution in [1.29, 1.82) is 5.26 Å². The predicted molar refractivity (Wildman–Crippen MR) is 132 cm³/mol. The van der Waals surface area contributed by atoms with Gasteiger partial charge in [0.25, 0.3) is 0 Å². The van der Waals surface area contributed by atoms with Gasteiger partial charge >= 0.3 is 6.09 Å². The minimum Gasteiger partial charge on any atom is -0.494 e. The number of ether oxygens (including phenoxy) is 2. The second kappa shape index (κ2) is 11.5. The lowest BCUT2D eigenvalue weighted by molar-refractivity contribution is -0.116. The quantitative estimate of drug-likeness (QED) is 0.492. The molecule has 3 aromatic rings. The molecule has 1 aliphatic rings. The average molecular weight is 491 g/mol. The van der Waals surface area contributed by atoms with Crippen molar-refractivity contribution >= 4 is 28.3 Å². The molecule has 0 fully saturated rings. The highest BCUT2D eigenvalue weighted by Crippen LogP contribution is 2.37. The number of fused-ring (bicyclic) bond motifs is 1. The Morgan fingerprint density at radius 1 is 1.23 bits per heavy atom. The summed E-state index contributed by atoms with van der Waals surface area (Å²) < 4.78 is 11.1. The summed E-state index contributed by atoms with van der Waals surface area (Å²) >= 11 is 1.35. The van der Waals surface area contributed by atoms with Crippen molar-refractivity contribution in [2.24, 2.45) is 0 Å². The Kier molecular flexibility index (Phi) is 7.95. The Bertz CT molecular complexity index is 1240. The van der Waals surface area contributed by atoms with E-state index < -0.39 is 6.09 Å². The number of nitrogens with one attached hydrogen (secondary N) is 1. The molecule has 1 N–H and O–H groups in total. The number of aryl methyl sites for hydroxylation is 1. The minimum absolute atomic E-state index is 0.167. The van der Waals surface area contributed by atoms with Crippen LogP contribution in [0, 0.1) is 11.3 Å². The van der Waals surface area contributed by atoms with E-state index in [4.69, 9.17) is 9.47 Å². The molecule has 0 saturated carbocycles. The summed E-state index contributed by atoms with van der Waals surface area (Å²) in [5.74, 6) is 0.614. The fourth-order valence-corrected chi connectivity index (χ4v) is 5.15. The smallest absolute Gasteiger partial charge is 0.410 e. The molecule has 0 atom stereocenters. The number of nitriles is 1. The standard InChI is InChI=1S/C26H26N4O4S/c1-2-33-22-6-4-3-5-19(22)7-8-24(31)29-25-21(15-27)20-11-14-30(16-23(20)35-25)26(32)34-17-18-9-12-28-13-10-18/h3-6,9-10,12-13H,2,7-8,11,14,16-17H2,1H3,(H,29,31). The molecule has 0 unspecified atom stereocenters. The van der Waals surface area contributed by atoms with Gasteiger partial charge in [-0.2, -0.15) is 5.26 Å². The third kappa shape index (κ3) is 5.97. The molecule has 0 aliphatic carbocycles. The molecule has 2 aromatic heterocycles. The SMILES string of the molecule is CCOc1ccccc1CCC(=O)Nc1sc2c(c1C#N)CCN(C(=O)OCc1ccncc1)C2. The number of aromatic nitrogens is 1. The number of anilines is 1. The first-order valence-corrected chi connectivity index (χ1v) is 12.3. The molecule has 3 heterocycles. The molecule has 1 aliphatic heterocycles. The van der Waals surface area contributed by atoms with Crippen molar-refractivity contribution in [2.45, 2.75) is 39.3 Å². The van der Waals surface area contributed by atoms with Gasteiger partial charge in [-0.05, 0) is 54.7 Å². The van der Waals surface area contributed by atoms with Crippen molar-refractivity contribution in [1.82, 2.24) is 9.88 Å². The Hall–Kier alpha value is -3.90. The molecule has 0 bridgehead atoms. The van der Waals surface area contributed by atoms with E-state index in [0.717, 1.165) is 27.3 Å². The van der Waals surface area contributed by atoms with Gasteiger partial charge in [0.05, 0.1) is 18.7 Å². The summed E-state index contributed by atoms with van der Waals surface area (Å²) in [5.41, 5.74) is 3.21. The van der Waals surface area contributed by atoms with Crippen LogP contribution >= 0.6 is 11.3 Å². The monoisotopic (exact) mass is 490 g/mol. The zero-order valence-electron chi connectivity index (χ0n) is 19.5. The van der Waals surface area contributed by atoms with Gasteiger partial charge in [-0.1, -0.05) is 18.2 Å². The number of nitrogens with zero attached hydrogens (tertiary/aromatic N) is 3. The van der Waals surface area contributed by atoms with E-state index in [1.54, 1.807) is 29.4 Å². The van der Waals surface area contributed by atoms with Crippen LogP contribution in [0.25, 0.3) is 0 Å². The molecule has 1 aromatic carbocycles. The van der Waals surface area contributed by atoms with E-state index in [-0.39, 0.29) is 18.9 Å². The molecule has 9 heteroatoms. The number of carbonyl (C=O) groups excluding carboxylic acids is 2. The normalized spacial score (nSPS) is 12.4. The van der Waals surface area contributed by atoms with Crippen LogP contribution < -0.4 is 10.1 Å². The second-order valence-corrected chi connectivity index (χ2v) is 9.10. The minimum atomic E-state index is -0.405. The summed E-state index contributed by atoms with van der Waals surface area (Å²) in [6, 6.07) is 13.5. The Balaban J connectivity index is 1.37. The van der Waals surface area contributed by atoms with Crippen molar-refractivity contribution in [2.75, 3.05) is 18.5 Å². The average Bonchev–Trinajstić information content (AvgIpc) is 3.23. The Morgan fingerprint density at radius 2 is 2.03 bits per heavy atom. The molecule has 8 nitrogen and oxygen atoms in total. The number of benzene rings is 1. The van der Waals surface area contributed by atoms with Gasteiger partial charge in [0.2, 0.25) is 5.91 Å². The van der Waals surface area contributed by atoms with Gasteiger partial charge in [-0.3, -0.25) is 9.78 Å². The topological polar surface area (TPSA) is 105 Å². The van der Waals surface area contributed by atoms with Gasteiger partial charge in [-0.15, -0.1) is 11.3 Å². The van der Waals surface area contributed by atoms with Gasteiger partial charge in [0.1, 0.15) is 23.4 Å². The first-order chi connectivity index (χ1) is 17.1. The lowest BCUT2D eigenvalue weighted by Crippen LogP contribution is -2.35. The summed E-state index contributed by atoms with van der Waals surface area (Å²) in [5, 5.41) is 13.2. The molecule has 2 amide bonds. The summed E-state index contributed by atoms with van der Waals surface area (Å²) in [6.45, 7) is 3.46. The maximum Gasteiger partial charge on any atom is 0.410 e. The lowest BCUT2D eigenvalue weighted by Gasteiger charge is -2.26. The van der Waals surface area contributed by atoms with E-state index >= 15 is 0 Å². The van der Waals surface area contributed by atoms with Crippen LogP contribution in [0.2, 0.25) is 0 Å². The van der Waals surface area contributed by atoms with Crippen LogP contribution in [0.1, 0.15) is 40.5 Å². The van der Waals surface area contributed by atoms with Crippen molar-refractivity contribution in [3.63, 3.8) is 0 Å². The highest BCUT2D eigenvalue weighted by atomic mass is 32.1. The molecule has 180 valence electrons. The number of amides is 2. The third-order valence-electron chi connectivity index (χ3n) is 5.69. The zero-order valence-corrected chi connectivity index (χ0v) is 20.3. The van der Waals surface area contributed by atoms with E-state index in [2.05, 4.69) is 16.4 Å². The van der Waals surface area contributed by atoms with E-state index in [1.807, 2.05) is 31.2 Å². The third-order valence-corrected chi connectivity index (χ3v) is 6.82. The highest BCUT2D eigenvalue weighted by Gasteiger charge is 2.28. The van der Waals surface area contributed by atoms with Gasteiger partial charge in [-0.25, -0.2) is 4.79 Å². The molecule has 0 saturated heterocycles. The first kappa shape index (κ1) is 24.2. The van der Waals surface area contributed by atoms with E-state index in [9.17, 15) is 14.9 Å². The summed E-state index contributed by atoms with van der Waals surface area (Å²) in [7, 11) is 0. The second-order valence-electron chi connectivity index (χ2n) is 7.99. The zero-order chi connectivity index (χ0) is 24.6. The fraction of sp³-hybridized carbons (Fsp3) is 0.308. The molecule has 4 rings (SSSR count). The maximum absolute atomic E-state index is 12.7. The van der Waals surface area contributed by atoms with Crippen LogP contribution in [0.15, 0.2) is 48.8 Å². The van der Waals surface area contributed by atoms with Gasteiger partial charge in [0, 0.05) is 30.2 Å². The molecular weight excluding hydrogens is 464 g/mol. The first-order valence-electron chi connectivity index (χ1n) is 11.4. The molecule has 35 heavy (non-hydrogen) atoms. The van der Waals surface area contributed by atoms with Crippen LogP contribution in [0.4, 0.5) is 9.80 Å². The van der Waals surface area contributed by atoms with E-state index in [0.29, 0.717) is 43.1 Å². The van der Waals surface area contributed by atoms with Crippen LogP contribution in [0.5, 0.6) is 5.75 Å². The van der Waals surface area contributed by atoms with Crippen LogP contribution in [0.3, 0.4) is 0 Å². The summed E-state index contributed by atoms with van der Waals surface area (Å²) in [4.78, 5) is 31.7. The number of hydrogen-bond donors (Lipinski definition) is 1. The number of hydrogen-bond acceptors (Lipinski definition) is 7. The highest BCUT2D eigenvalue weighted by molar-refractivity contribution is 7.16. The predicted octanol–water partition coefficient (Wildman–Crippen LogP) is 4.68. The number of pyridine rings is 1. The van der Waals surface area contributed by atoms with Crippen molar-refractivity contribution < 1.29 is 19.1 Å². The summed E-state index contributed by atoms with van der Waals surface area (Å²) in [6.07, 6.45) is 4.24. The fourth-order valence-electron chi connectivity index (χ4n) is 3.93. The Morgan fingerprint density at radius 3 is 2.80 bits per heavy atom. The van der Waals surface area contributed by atoms with Crippen LogP contribution in [-0.4, -0.2) is 35.0 Å². The van der Waals surface area contributed by atoms with Crippen molar-refractivity contribution in [3.8, 4) is 11.8 Å². The van der Waals surface area contributed by atoms with E-state index in [1.165, 1.54) is 11.3 Å². The number of rotatable bonds is 8. The maximum atomic E-state index is 12.7. The van der Waals surface area contributed by atoms with Gasteiger partial charge < -0.3 is 19.7 Å². The molecular formula is C26H26N4O4S. The molecule has 0 radical (unpaired) electrons. The number of carbonyl (C=O) groups is 2. The van der Waals surface area contributed by atoms with Gasteiger partial charge in [0.15, 0.2) is 0 Å². The number of para-hydroxylation sites is 1. The molecule has 0 spiro atoms. The lowest BCUT2D eigenvalue weighted by atomic mass is 10.0.